The lowest BCUT2D eigenvalue weighted by Gasteiger charge is -2.33. The van der Waals surface area contributed by atoms with E-state index in [-0.39, 0.29) is 29.9 Å². The number of hydrogen-bond donors (Lipinski definition) is 1. The number of benzene rings is 2. The number of sulfonamides is 1. The molecule has 0 fully saturated rings. The number of carbonyl (C=O) groups excluding carboxylic acids is 2. The smallest absolute Gasteiger partial charge is 0.244 e. The largest absolute Gasteiger partial charge is 0.497 e. The van der Waals surface area contributed by atoms with Crippen molar-refractivity contribution in [3.63, 3.8) is 0 Å². The van der Waals surface area contributed by atoms with Gasteiger partial charge < -0.3 is 19.7 Å². The normalized spacial score (nSPS) is 12.1. The zero-order valence-corrected chi connectivity index (χ0v) is 22.9. The minimum Gasteiger partial charge on any atom is -0.497 e. The molecule has 2 amide bonds. The van der Waals surface area contributed by atoms with Crippen molar-refractivity contribution in [1.29, 1.82) is 0 Å². The van der Waals surface area contributed by atoms with E-state index in [1.807, 2.05) is 52.0 Å². The van der Waals surface area contributed by atoms with Gasteiger partial charge in [0.1, 0.15) is 24.1 Å². The molecular weight excluding hydrogens is 482 g/mol. The van der Waals surface area contributed by atoms with E-state index in [1.165, 1.54) is 25.2 Å². The summed E-state index contributed by atoms with van der Waals surface area (Å²) >= 11 is 0. The Morgan fingerprint density at radius 1 is 1.03 bits per heavy atom. The van der Waals surface area contributed by atoms with Gasteiger partial charge in [-0.3, -0.25) is 13.9 Å². The molecule has 2 aromatic rings. The van der Waals surface area contributed by atoms with E-state index in [2.05, 4.69) is 5.32 Å². The predicted molar refractivity (Wildman–Crippen MR) is 141 cm³/mol. The molecule has 2 rings (SSSR count). The number of methoxy groups -OCH3 is 2. The summed E-state index contributed by atoms with van der Waals surface area (Å²) in [5.41, 5.74) is 2.10. The van der Waals surface area contributed by atoms with Crippen LogP contribution in [0.3, 0.4) is 0 Å². The molecule has 0 spiro atoms. The number of nitrogens with zero attached hydrogens (tertiary/aromatic N) is 2. The fraction of sp³-hybridized carbons (Fsp3) is 0.462. The number of carbonyl (C=O) groups is 2. The maximum Gasteiger partial charge on any atom is 0.244 e. The number of amides is 2. The van der Waals surface area contributed by atoms with E-state index in [0.717, 1.165) is 21.7 Å². The monoisotopic (exact) mass is 519 g/mol. The Kier molecular flexibility index (Phi) is 10.2. The molecule has 1 unspecified atom stereocenters. The molecule has 0 aromatic heterocycles. The lowest BCUT2D eigenvalue weighted by molar-refractivity contribution is -0.140. The third kappa shape index (κ3) is 7.61. The fourth-order valence-corrected chi connectivity index (χ4v) is 4.63. The van der Waals surface area contributed by atoms with Crippen LogP contribution in [0.2, 0.25) is 0 Å². The van der Waals surface area contributed by atoms with Crippen LogP contribution in [0.4, 0.5) is 5.69 Å². The first kappa shape index (κ1) is 29.0. The van der Waals surface area contributed by atoms with Gasteiger partial charge in [-0.25, -0.2) is 8.42 Å². The second-order valence-electron chi connectivity index (χ2n) is 8.90. The van der Waals surface area contributed by atoms with Gasteiger partial charge >= 0.3 is 0 Å². The van der Waals surface area contributed by atoms with Crippen LogP contribution in [-0.2, 0) is 26.2 Å². The molecule has 0 saturated heterocycles. The molecule has 1 N–H and O–H groups in total. The molecule has 0 aliphatic heterocycles. The zero-order valence-electron chi connectivity index (χ0n) is 22.1. The summed E-state index contributed by atoms with van der Waals surface area (Å²) in [4.78, 5) is 28.2. The maximum atomic E-state index is 13.7. The summed E-state index contributed by atoms with van der Waals surface area (Å²) in [5, 5.41) is 2.87. The number of aryl methyl sites for hydroxylation is 1. The molecule has 2 aromatic carbocycles. The molecule has 0 bridgehead atoms. The molecule has 0 saturated carbocycles. The number of nitrogens with one attached hydrogen (secondary N) is 1. The lowest BCUT2D eigenvalue weighted by Crippen LogP contribution is -2.53. The average molecular weight is 520 g/mol. The summed E-state index contributed by atoms with van der Waals surface area (Å²) in [6.45, 7) is 7.13. The van der Waals surface area contributed by atoms with Crippen molar-refractivity contribution in [1.82, 2.24) is 10.2 Å². The molecule has 36 heavy (non-hydrogen) atoms. The number of anilines is 1. The van der Waals surface area contributed by atoms with Gasteiger partial charge in [0.15, 0.2) is 0 Å². The summed E-state index contributed by atoms with van der Waals surface area (Å²) < 4.78 is 37.2. The van der Waals surface area contributed by atoms with Gasteiger partial charge in [0.05, 0.1) is 26.2 Å². The highest BCUT2D eigenvalue weighted by molar-refractivity contribution is 7.92. The fourth-order valence-electron chi connectivity index (χ4n) is 3.78. The topological polar surface area (TPSA) is 105 Å². The summed E-state index contributed by atoms with van der Waals surface area (Å²) in [6.07, 6.45) is 1.39. The van der Waals surface area contributed by atoms with Crippen LogP contribution in [0, 0.1) is 6.92 Å². The van der Waals surface area contributed by atoms with E-state index in [0.29, 0.717) is 12.2 Å². The molecule has 0 aliphatic carbocycles. The highest BCUT2D eigenvalue weighted by Crippen LogP contribution is 2.33. The van der Waals surface area contributed by atoms with Crippen molar-refractivity contribution >= 4 is 27.5 Å². The lowest BCUT2D eigenvalue weighted by atomic mass is 10.1. The zero-order chi connectivity index (χ0) is 27.0. The SMILES string of the molecule is CCC(C(=O)NC(C)C)N(Cc1ccc(C)cc1)C(=O)CN(c1ccc(OC)cc1OC)S(C)(=O)=O. The van der Waals surface area contributed by atoms with E-state index in [9.17, 15) is 18.0 Å². The summed E-state index contributed by atoms with van der Waals surface area (Å²) in [5.74, 6) is -0.0828. The van der Waals surface area contributed by atoms with Gasteiger partial charge in [0.25, 0.3) is 0 Å². The molecule has 198 valence electrons. The average Bonchev–Trinajstić information content (AvgIpc) is 2.82. The van der Waals surface area contributed by atoms with Crippen molar-refractivity contribution in [3.8, 4) is 11.5 Å². The Morgan fingerprint density at radius 2 is 1.67 bits per heavy atom. The third-order valence-corrected chi connectivity index (χ3v) is 6.75. The van der Waals surface area contributed by atoms with Gasteiger partial charge in [0.2, 0.25) is 21.8 Å². The van der Waals surface area contributed by atoms with E-state index in [4.69, 9.17) is 9.47 Å². The molecule has 9 nitrogen and oxygen atoms in total. The van der Waals surface area contributed by atoms with Crippen LogP contribution in [0.5, 0.6) is 11.5 Å². The predicted octanol–water partition coefficient (Wildman–Crippen LogP) is 3.11. The van der Waals surface area contributed by atoms with Crippen molar-refractivity contribution in [2.45, 2.75) is 52.7 Å². The molecule has 10 heteroatoms. The molecule has 0 heterocycles. The van der Waals surface area contributed by atoms with Crippen LogP contribution < -0.4 is 19.1 Å². The van der Waals surface area contributed by atoms with Crippen LogP contribution in [0.15, 0.2) is 42.5 Å². The Morgan fingerprint density at radius 3 is 2.17 bits per heavy atom. The quantitative estimate of drug-likeness (QED) is 0.462. The van der Waals surface area contributed by atoms with Crippen molar-refractivity contribution in [3.05, 3.63) is 53.6 Å². The Labute approximate surface area is 214 Å². The highest BCUT2D eigenvalue weighted by atomic mass is 32.2. The summed E-state index contributed by atoms with van der Waals surface area (Å²) in [7, 11) is -0.986. The Balaban J connectivity index is 2.50. The van der Waals surface area contributed by atoms with Crippen molar-refractivity contribution in [2.24, 2.45) is 0 Å². The van der Waals surface area contributed by atoms with Gasteiger partial charge in [-0.2, -0.15) is 0 Å². The van der Waals surface area contributed by atoms with Crippen molar-refractivity contribution in [2.75, 3.05) is 31.3 Å². The third-order valence-electron chi connectivity index (χ3n) is 5.63. The minimum atomic E-state index is -3.88. The van der Waals surface area contributed by atoms with Gasteiger partial charge in [-0.1, -0.05) is 36.8 Å². The molecule has 1 atom stereocenters. The first-order valence-corrected chi connectivity index (χ1v) is 13.6. The number of rotatable bonds is 12. The first-order valence-electron chi connectivity index (χ1n) is 11.8. The van der Waals surface area contributed by atoms with E-state index >= 15 is 0 Å². The molecule has 0 radical (unpaired) electrons. The summed E-state index contributed by atoms with van der Waals surface area (Å²) in [6, 6.07) is 11.4. The van der Waals surface area contributed by atoms with Crippen molar-refractivity contribution < 1.29 is 27.5 Å². The van der Waals surface area contributed by atoms with Crippen LogP contribution >= 0.6 is 0 Å². The Bertz CT molecular complexity index is 1150. The molecular formula is C26H37N3O6S. The Hall–Kier alpha value is -3.27. The number of ether oxygens (including phenoxy) is 2. The first-order chi connectivity index (χ1) is 16.9. The van der Waals surface area contributed by atoms with Crippen LogP contribution in [0.1, 0.15) is 38.3 Å². The minimum absolute atomic E-state index is 0.112. The van der Waals surface area contributed by atoms with Gasteiger partial charge in [-0.05, 0) is 44.9 Å². The highest BCUT2D eigenvalue weighted by Gasteiger charge is 2.32. The van der Waals surface area contributed by atoms with E-state index in [1.54, 1.807) is 12.1 Å². The van der Waals surface area contributed by atoms with E-state index < -0.39 is 28.5 Å². The van der Waals surface area contributed by atoms with Crippen LogP contribution in [0.25, 0.3) is 0 Å². The number of hydrogen-bond acceptors (Lipinski definition) is 6. The maximum absolute atomic E-state index is 13.7. The molecule has 0 aliphatic rings. The van der Waals surface area contributed by atoms with Gasteiger partial charge in [-0.15, -0.1) is 0 Å². The second-order valence-corrected chi connectivity index (χ2v) is 10.8. The van der Waals surface area contributed by atoms with Gasteiger partial charge in [0, 0.05) is 18.7 Å². The second kappa shape index (κ2) is 12.6. The van der Waals surface area contributed by atoms with Crippen LogP contribution in [-0.4, -0.2) is 64.2 Å². The standard InChI is InChI=1S/C26H37N3O6S/c1-8-22(26(31)27-18(2)3)28(16-20-11-9-19(4)10-12-20)25(30)17-29(36(7,32)33)23-14-13-21(34-5)15-24(23)35-6/h9-15,18,22H,8,16-17H2,1-7H3,(H,27,31).